The van der Waals surface area contributed by atoms with E-state index in [0.717, 1.165) is 11.2 Å². The Morgan fingerprint density at radius 2 is 1.90 bits per heavy atom. The van der Waals surface area contributed by atoms with Crippen LogP contribution in [0.2, 0.25) is 0 Å². The summed E-state index contributed by atoms with van der Waals surface area (Å²) in [6, 6.07) is 10.9. The molecule has 0 amide bonds. The van der Waals surface area contributed by atoms with E-state index in [4.69, 9.17) is 0 Å². The first kappa shape index (κ1) is 14.2. The van der Waals surface area contributed by atoms with Crippen LogP contribution in [0.25, 0.3) is 0 Å². The quantitative estimate of drug-likeness (QED) is 0.363. The number of nitro groups is 1. The van der Waals surface area contributed by atoms with E-state index in [1.807, 2.05) is 0 Å². The maximum Gasteiger partial charge on any atom is 0.304 e. The van der Waals surface area contributed by atoms with E-state index in [1.165, 1.54) is 30.0 Å². The third-order valence-corrected chi connectivity index (χ3v) is 3.71. The van der Waals surface area contributed by atoms with Crippen molar-refractivity contribution >= 4 is 23.7 Å². The molecule has 0 radical (unpaired) electrons. The van der Waals surface area contributed by atoms with Gasteiger partial charge < -0.3 is 0 Å². The van der Waals surface area contributed by atoms with Gasteiger partial charge in [-0.3, -0.25) is 14.9 Å². The highest BCUT2D eigenvalue weighted by atomic mass is 32.2. The van der Waals surface area contributed by atoms with Crippen molar-refractivity contribution in [3.05, 3.63) is 69.5 Å². The van der Waals surface area contributed by atoms with E-state index in [0.29, 0.717) is 16.9 Å². The molecule has 0 heterocycles. The van der Waals surface area contributed by atoms with Crippen molar-refractivity contribution in [2.24, 2.45) is 0 Å². The van der Waals surface area contributed by atoms with E-state index >= 15 is 0 Å². The van der Waals surface area contributed by atoms with Crippen molar-refractivity contribution in [1.82, 2.24) is 0 Å². The van der Waals surface area contributed by atoms with E-state index < -0.39 is 16.4 Å². The van der Waals surface area contributed by atoms with Crippen LogP contribution in [0.4, 0.5) is 10.1 Å². The molecular weight excluding hydrogens is 281 g/mol. The molecule has 0 aliphatic heterocycles. The largest absolute Gasteiger partial charge is 0.304 e. The van der Waals surface area contributed by atoms with Crippen molar-refractivity contribution in [3.63, 3.8) is 0 Å². The smallest absolute Gasteiger partial charge is 0.298 e. The molecule has 0 fully saturated rings. The Kier molecular flexibility index (Phi) is 4.47. The lowest BCUT2D eigenvalue weighted by Crippen LogP contribution is -1.93. The fourth-order valence-corrected chi connectivity index (χ4v) is 2.44. The first-order chi connectivity index (χ1) is 9.60. The van der Waals surface area contributed by atoms with Crippen LogP contribution in [0.1, 0.15) is 15.9 Å². The molecule has 0 aromatic heterocycles. The normalized spacial score (nSPS) is 10.2. The van der Waals surface area contributed by atoms with Crippen molar-refractivity contribution in [2.75, 3.05) is 0 Å². The molecule has 20 heavy (non-hydrogen) atoms. The molecule has 0 N–H and O–H groups in total. The van der Waals surface area contributed by atoms with Gasteiger partial charge in [0.15, 0.2) is 0 Å². The molecule has 0 atom stereocenters. The molecule has 4 nitrogen and oxygen atoms in total. The van der Waals surface area contributed by atoms with Crippen molar-refractivity contribution in [2.45, 2.75) is 10.6 Å². The molecule has 6 heteroatoms. The first-order valence-electron chi connectivity index (χ1n) is 5.71. The Labute approximate surface area is 118 Å². The molecular formula is C14H10FNO3S. The number of carbonyl (C=O) groups excluding carboxylic acids is 1. The highest BCUT2D eigenvalue weighted by Crippen LogP contribution is 2.25. The number of nitrogens with zero attached hydrogens (tertiary/aromatic N) is 1. The van der Waals surface area contributed by atoms with Gasteiger partial charge in [0.25, 0.3) is 0 Å². The summed E-state index contributed by atoms with van der Waals surface area (Å²) in [7, 11) is 0. The summed E-state index contributed by atoms with van der Waals surface area (Å²) in [5, 5.41) is 10.5. The molecule has 0 unspecified atom stereocenters. The lowest BCUT2D eigenvalue weighted by molar-refractivity contribution is -0.387. The highest BCUT2D eigenvalue weighted by Gasteiger charge is 2.13. The van der Waals surface area contributed by atoms with Gasteiger partial charge in [-0.25, -0.2) is 0 Å². The zero-order valence-corrected chi connectivity index (χ0v) is 11.1. The number of hydrogen-bond acceptors (Lipinski definition) is 4. The first-order valence-corrected chi connectivity index (χ1v) is 6.69. The number of carbonyl (C=O) groups is 1. The average Bonchev–Trinajstić information content (AvgIpc) is 2.45. The van der Waals surface area contributed by atoms with Crippen LogP contribution >= 0.6 is 11.8 Å². The Balaban J connectivity index is 2.05. The summed E-state index contributed by atoms with van der Waals surface area (Å²) in [5.74, 6) is -0.334. The lowest BCUT2D eigenvalue weighted by atomic mass is 10.2. The maximum atomic E-state index is 13.4. The van der Waals surface area contributed by atoms with Gasteiger partial charge in [-0.05, 0) is 23.8 Å². The van der Waals surface area contributed by atoms with Crippen LogP contribution in [0.5, 0.6) is 0 Å². The number of aldehydes is 1. The maximum absolute atomic E-state index is 13.4. The van der Waals surface area contributed by atoms with Gasteiger partial charge in [0.05, 0.1) is 4.92 Å². The summed E-state index contributed by atoms with van der Waals surface area (Å²) >= 11 is 1.46. The number of nitro benzene ring substituents is 1. The van der Waals surface area contributed by atoms with Gasteiger partial charge in [-0.1, -0.05) is 18.2 Å². The van der Waals surface area contributed by atoms with Crippen LogP contribution in [-0.2, 0) is 5.75 Å². The lowest BCUT2D eigenvalue weighted by Gasteiger charge is -2.03. The van der Waals surface area contributed by atoms with Crippen LogP contribution in [0.3, 0.4) is 0 Å². The van der Waals surface area contributed by atoms with Gasteiger partial charge >= 0.3 is 5.69 Å². The SMILES string of the molecule is O=Cc1ccc(SCc2ccc([N+](=O)[O-])c(F)c2)cc1. The molecule has 0 aliphatic rings. The van der Waals surface area contributed by atoms with Crippen molar-refractivity contribution in [1.29, 1.82) is 0 Å². The molecule has 0 bridgehead atoms. The third-order valence-electron chi connectivity index (χ3n) is 2.63. The van der Waals surface area contributed by atoms with Gasteiger partial charge in [0.2, 0.25) is 5.82 Å². The Morgan fingerprint density at radius 3 is 2.45 bits per heavy atom. The molecule has 102 valence electrons. The standard InChI is InChI=1S/C14H10FNO3S/c15-13-7-11(3-6-14(13)16(18)19)9-20-12-4-1-10(8-17)2-5-12/h1-8H,9H2. The fourth-order valence-electron chi connectivity index (χ4n) is 1.60. The summed E-state index contributed by atoms with van der Waals surface area (Å²) in [4.78, 5) is 21.2. The molecule has 2 rings (SSSR count). The molecule has 0 aliphatic carbocycles. The predicted octanol–water partition coefficient (Wildman–Crippen LogP) is 3.84. The molecule has 0 spiro atoms. The molecule has 2 aromatic carbocycles. The van der Waals surface area contributed by atoms with E-state index in [-0.39, 0.29) is 0 Å². The Hall–Kier alpha value is -2.21. The van der Waals surface area contributed by atoms with E-state index in [9.17, 15) is 19.3 Å². The Morgan fingerprint density at radius 1 is 1.20 bits per heavy atom. The summed E-state index contributed by atoms with van der Waals surface area (Å²) in [5.41, 5.74) is 0.738. The molecule has 2 aromatic rings. The minimum atomic E-state index is -0.829. The number of halogens is 1. The second-order valence-electron chi connectivity index (χ2n) is 4.02. The van der Waals surface area contributed by atoms with E-state index in [2.05, 4.69) is 0 Å². The van der Waals surface area contributed by atoms with Gasteiger partial charge in [0.1, 0.15) is 6.29 Å². The second kappa shape index (κ2) is 6.29. The number of rotatable bonds is 5. The zero-order chi connectivity index (χ0) is 14.5. The minimum absolute atomic E-state index is 0.495. The topological polar surface area (TPSA) is 60.2 Å². The van der Waals surface area contributed by atoms with Gasteiger partial charge in [-0.15, -0.1) is 11.8 Å². The molecule has 0 saturated carbocycles. The zero-order valence-electron chi connectivity index (χ0n) is 10.3. The number of thioether (sulfide) groups is 1. The highest BCUT2D eigenvalue weighted by molar-refractivity contribution is 7.98. The van der Waals surface area contributed by atoms with Crippen LogP contribution in [0.15, 0.2) is 47.4 Å². The second-order valence-corrected chi connectivity index (χ2v) is 5.07. The summed E-state index contributed by atoms with van der Waals surface area (Å²) < 4.78 is 13.4. The number of hydrogen-bond donors (Lipinski definition) is 0. The van der Waals surface area contributed by atoms with Crippen LogP contribution in [-0.4, -0.2) is 11.2 Å². The van der Waals surface area contributed by atoms with Gasteiger partial charge in [0, 0.05) is 22.3 Å². The van der Waals surface area contributed by atoms with Crippen molar-refractivity contribution < 1.29 is 14.1 Å². The molecule has 0 saturated heterocycles. The minimum Gasteiger partial charge on any atom is -0.298 e. The number of benzene rings is 2. The summed E-state index contributed by atoms with van der Waals surface area (Å²) in [6.07, 6.45) is 0.764. The van der Waals surface area contributed by atoms with Gasteiger partial charge in [-0.2, -0.15) is 4.39 Å². The van der Waals surface area contributed by atoms with E-state index in [1.54, 1.807) is 24.3 Å². The third kappa shape index (κ3) is 3.42. The monoisotopic (exact) mass is 291 g/mol. The summed E-state index contributed by atoms with van der Waals surface area (Å²) in [6.45, 7) is 0. The van der Waals surface area contributed by atoms with Crippen LogP contribution in [0, 0.1) is 15.9 Å². The predicted molar refractivity (Wildman–Crippen MR) is 74.4 cm³/mol. The Bertz CT molecular complexity index is 643. The fraction of sp³-hybridized carbons (Fsp3) is 0.0714. The van der Waals surface area contributed by atoms with Crippen LogP contribution < -0.4 is 0 Å². The van der Waals surface area contributed by atoms with Crippen molar-refractivity contribution in [3.8, 4) is 0 Å². The average molecular weight is 291 g/mol.